The molecule has 1 unspecified atom stereocenters. The van der Waals surface area contributed by atoms with Crippen LogP contribution in [0.5, 0.6) is 0 Å². The highest BCUT2D eigenvalue weighted by Crippen LogP contribution is 2.26. The van der Waals surface area contributed by atoms with Gasteiger partial charge in [0.2, 0.25) is 0 Å². The number of rotatable bonds is 6. The Morgan fingerprint density at radius 2 is 2.14 bits per heavy atom. The summed E-state index contributed by atoms with van der Waals surface area (Å²) < 4.78 is 0. The Balaban J connectivity index is 2.13. The molecule has 0 spiro atoms. The molecule has 2 aromatic rings. The molecular weight excluding hydrogens is 310 g/mol. The molecule has 0 amide bonds. The lowest BCUT2D eigenvalue weighted by Gasteiger charge is -2.07. The number of carboxylic acids is 2. The van der Waals surface area contributed by atoms with E-state index in [0.717, 1.165) is 11.1 Å². The summed E-state index contributed by atoms with van der Waals surface area (Å²) in [6.07, 6.45) is 0. The van der Waals surface area contributed by atoms with Gasteiger partial charge in [-0.05, 0) is 18.6 Å². The van der Waals surface area contributed by atoms with E-state index in [0.29, 0.717) is 10.8 Å². The second kappa shape index (κ2) is 6.73. The number of carbonyl (C=O) groups is 2. The number of thiazole rings is 1. The van der Waals surface area contributed by atoms with Crippen molar-refractivity contribution in [3.05, 3.63) is 40.9 Å². The molecular formula is C14H13NO4S2. The minimum atomic E-state index is -1.04. The molecule has 2 N–H and O–H groups in total. The van der Waals surface area contributed by atoms with Gasteiger partial charge in [-0.2, -0.15) is 0 Å². The van der Waals surface area contributed by atoms with E-state index in [1.54, 1.807) is 6.92 Å². The van der Waals surface area contributed by atoms with Gasteiger partial charge in [-0.3, -0.25) is 4.79 Å². The molecule has 0 radical (unpaired) electrons. The zero-order valence-corrected chi connectivity index (χ0v) is 12.8. The molecule has 7 heteroatoms. The second-order valence-corrected chi connectivity index (χ2v) is 6.52. The zero-order chi connectivity index (χ0) is 15.4. The fraction of sp³-hybridized carbons (Fsp3) is 0.214. The van der Waals surface area contributed by atoms with Crippen molar-refractivity contribution in [1.29, 1.82) is 0 Å². The van der Waals surface area contributed by atoms with Gasteiger partial charge in [0.25, 0.3) is 0 Å². The van der Waals surface area contributed by atoms with Crippen LogP contribution in [0.15, 0.2) is 29.6 Å². The van der Waals surface area contributed by atoms with Gasteiger partial charge >= 0.3 is 11.9 Å². The lowest BCUT2D eigenvalue weighted by atomic mass is 10.1. The van der Waals surface area contributed by atoms with Crippen LogP contribution >= 0.6 is 23.1 Å². The van der Waals surface area contributed by atoms with Crippen molar-refractivity contribution in [2.45, 2.75) is 17.9 Å². The summed E-state index contributed by atoms with van der Waals surface area (Å²) in [5.74, 6) is -1.29. The fourth-order valence-corrected chi connectivity index (χ4v) is 3.15. The molecule has 0 aliphatic rings. The third kappa shape index (κ3) is 4.05. The van der Waals surface area contributed by atoms with Crippen molar-refractivity contribution in [1.82, 2.24) is 4.98 Å². The Morgan fingerprint density at radius 1 is 1.38 bits per heavy atom. The number of hydrogen-bond acceptors (Lipinski definition) is 5. The van der Waals surface area contributed by atoms with Crippen LogP contribution in [0.2, 0.25) is 0 Å². The van der Waals surface area contributed by atoms with Crippen LogP contribution in [0, 0.1) is 0 Å². The topological polar surface area (TPSA) is 87.5 Å². The highest BCUT2D eigenvalue weighted by atomic mass is 32.2. The predicted molar refractivity (Wildman–Crippen MR) is 82.9 cm³/mol. The summed E-state index contributed by atoms with van der Waals surface area (Å²) in [4.78, 5) is 25.7. The molecule has 0 bridgehead atoms. The predicted octanol–water partition coefficient (Wildman–Crippen LogP) is 3.21. The SMILES string of the molecule is CC(SCc1cccc(-c2nc(C(=O)O)cs2)c1)C(=O)O. The molecule has 21 heavy (non-hydrogen) atoms. The van der Waals surface area contributed by atoms with E-state index in [-0.39, 0.29) is 5.69 Å². The summed E-state index contributed by atoms with van der Waals surface area (Å²) in [6, 6.07) is 7.54. The highest BCUT2D eigenvalue weighted by Gasteiger charge is 2.13. The molecule has 1 aromatic carbocycles. The van der Waals surface area contributed by atoms with Gasteiger partial charge in [0, 0.05) is 16.7 Å². The first-order valence-corrected chi connectivity index (χ1v) is 8.02. The van der Waals surface area contributed by atoms with Crippen molar-refractivity contribution >= 4 is 35.0 Å². The van der Waals surface area contributed by atoms with Crippen molar-refractivity contribution in [2.24, 2.45) is 0 Å². The molecule has 1 atom stereocenters. The van der Waals surface area contributed by atoms with Gasteiger partial charge in [0.1, 0.15) is 5.01 Å². The first-order valence-electron chi connectivity index (χ1n) is 6.10. The average molecular weight is 323 g/mol. The minimum absolute atomic E-state index is 0.0364. The quantitative estimate of drug-likeness (QED) is 0.848. The van der Waals surface area contributed by atoms with E-state index < -0.39 is 17.2 Å². The molecule has 1 aromatic heterocycles. The Kier molecular flexibility index (Phi) is 4.98. The number of aliphatic carboxylic acids is 1. The fourth-order valence-electron chi connectivity index (χ4n) is 1.59. The second-order valence-electron chi connectivity index (χ2n) is 4.33. The minimum Gasteiger partial charge on any atom is -0.480 e. The number of aromatic nitrogens is 1. The molecule has 1 heterocycles. The van der Waals surface area contributed by atoms with Crippen LogP contribution < -0.4 is 0 Å². The Labute approximate surface area is 129 Å². The molecule has 5 nitrogen and oxygen atoms in total. The summed E-state index contributed by atoms with van der Waals surface area (Å²) in [7, 11) is 0. The first kappa shape index (κ1) is 15.5. The number of carboxylic acid groups (broad SMARTS) is 2. The standard InChI is InChI=1S/C14H13NO4S2/c1-8(13(16)17)20-6-9-3-2-4-10(5-9)12-15-11(7-21-12)14(18)19/h2-5,7-8H,6H2,1H3,(H,16,17)(H,18,19). The lowest BCUT2D eigenvalue weighted by Crippen LogP contribution is -2.11. The Morgan fingerprint density at radius 3 is 2.76 bits per heavy atom. The van der Waals surface area contributed by atoms with Crippen LogP contribution in [0.3, 0.4) is 0 Å². The zero-order valence-electron chi connectivity index (χ0n) is 11.1. The highest BCUT2D eigenvalue weighted by molar-refractivity contribution is 7.99. The van der Waals surface area contributed by atoms with E-state index in [9.17, 15) is 9.59 Å². The molecule has 0 fully saturated rings. The Hall–Kier alpha value is -1.86. The van der Waals surface area contributed by atoms with Crippen molar-refractivity contribution in [3.63, 3.8) is 0 Å². The van der Waals surface area contributed by atoms with E-state index in [1.807, 2.05) is 24.3 Å². The number of benzene rings is 1. The lowest BCUT2D eigenvalue weighted by molar-refractivity contribution is -0.136. The van der Waals surface area contributed by atoms with Gasteiger partial charge in [-0.1, -0.05) is 18.2 Å². The van der Waals surface area contributed by atoms with Gasteiger partial charge in [-0.15, -0.1) is 23.1 Å². The third-order valence-electron chi connectivity index (χ3n) is 2.75. The van der Waals surface area contributed by atoms with Crippen LogP contribution in [0.25, 0.3) is 10.6 Å². The molecule has 0 aliphatic heterocycles. The van der Waals surface area contributed by atoms with Crippen LogP contribution in [-0.2, 0) is 10.5 Å². The maximum absolute atomic E-state index is 10.8. The van der Waals surface area contributed by atoms with Crippen LogP contribution in [0.1, 0.15) is 23.0 Å². The number of nitrogens with zero attached hydrogens (tertiary/aromatic N) is 1. The molecule has 0 saturated heterocycles. The largest absolute Gasteiger partial charge is 0.480 e. The summed E-state index contributed by atoms with van der Waals surface area (Å²) in [5.41, 5.74) is 1.86. The molecule has 2 rings (SSSR count). The van der Waals surface area contributed by atoms with Crippen molar-refractivity contribution in [3.8, 4) is 10.6 Å². The smallest absolute Gasteiger partial charge is 0.355 e. The van der Waals surface area contributed by atoms with Crippen LogP contribution in [-0.4, -0.2) is 32.4 Å². The van der Waals surface area contributed by atoms with Gasteiger partial charge in [-0.25, -0.2) is 9.78 Å². The number of thioether (sulfide) groups is 1. The number of aromatic carboxylic acids is 1. The summed E-state index contributed by atoms with van der Waals surface area (Å²) >= 11 is 2.62. The maximum atomic E-state index is 10.8. The summed E-state index contributed by atoms with van der Waals surface area (Å²) in [5, 5.41) is 19.4. The van der Waals surface area contributed by atoms with E-state index in [2.05, 4.69) is 4.98 Å². The van der Waals surface area contributed by atoms with Crippen molar-refractivity contribution in [2.75, 3.05) is 0 Å². The van der Waals surface area contributed by atoms with E-state index in [4.69, 9.17) is 10.2 Å². The molecule has 0 saturated carbocycles. The van der Waals surface area contributed by atoms with Gasteiger partial charge in [0.05, 0.1) is 5.25 Å². The Bertz CT molecular complexity index is 668. The monoisotopic (exact) mass is 323 g/mol. The summed E-state index contributed by atoms with van der Waals surface area (Å²) in [6.45, 7) is 1.65. The molecule has 110 valence electrons. The normalized spacial score (nSPS) is 12.0. The number of hydrogen-bond donors (Lipinski definition) is 2. The van der Waals surface area contributed by atoms with Gasteiger partial charge in [0.15, 0.2) is 5.69 Å². The molecule has 0 aliphatic carbocycles. The van der Waals surface area contributed by atoms with E-state index in [1.165, 1.54) is 28.5 Å². The van der Waals surface area contributed by atoms with Gasteiger partial charge < -0.3 is 10.2 Å². The maximum Gasteiger partial charge on any atom is 0.355 e. The first-order chi connectivity index (χ1) is 9.97. The van der Waals surface area contributed by atoms with Crippen molar-refractivity contribution < 1.29 is 19.8 Å². The van der Waals surface area contributed by atoms with E-state index >= 15 is 0 Å². The average Bonchev–Trinajstić information content (AvgIpc) is 2.95. The third-order valence-corrected chi connectivity index (χ3v) is 4.84. The van der Waals surface area contributed by atoms with Crippen LogP contribution in [0.4, 0.5) is 0 Å².